The summed E-state index contributed by atoms with van der Waals surface area (Å²) in [6.45, 7) is 1.30. The van der Waals surface area contributed by atoms with Crippen LogP contribution >= 0.6 is 0 Å². The van der Waals surface area contributed by atoms with E-state index < -0.39 is 12.0 Å². The number of nitrogens with one attached hydrogen (secondary N) is 1. The Labute approximate surface area is 205 Å². The van der Waals surface area contributed by atoms with Crippen molar-refractivity contribution in [1.82, 2.24) is 4.90 Å². The Morgan fingerprint density at radius 1 is 0.971 bits per heavy atom. The van der Waals surface area contributed by atoms with Crippen LogP contribution in [0.5, 0.6) is 5.75 Å². The van der Waals surface area contributed by atoms with Crippen molar-refractivity contribution >= 4 is 17.5 Å². The number of anilines is 1. The number of carbonyl (C=O) groups excluding carboxylic acids is 2. The monoisotopic (exact) mass is 474 g/mol. The maximum atomic E-state index is 13.7. The third-order valence-electron chi connectivity index (χ3n) is 6.13. The second-order valence-electron chi connectivity index (χ2n) is 8.35. The van der Waals surface area contributed by atoms with Crippen LogP contribution < -0.4 is 10.1 Å². The molecule has 35 heavy (non-hydrogen) atoms. The Morgan fingerprint density at radius 2 is 1.74 bits per heavy atom. The van der Waals surface area contributed by atoms with Gasteiger partial charge in [0.2, 0.25) is 5.91 Å². The maximum absolute atomic E-state index is 13.7. The number of hydrogen-bond acceptors (Lipinski definition) is 5. The first-order valence-corrected chi connectivity index (χ1v) is 11.6. The van der Waals surface area contributed by atoms with Gasteiger partial charge >= 0.3 is 0 Å². The molecule has 0 spiro atoms. The van der Waals surface area contributed by atoms with E-state index in [0.29, 0.717) is 42.3 Å². The number of nitrogens with zero attached hydrogens (tertiary/aromatic N) is 1. The van der Waals surface area contributed by atoms with Gasteiger partial charge in [0, 0.05) is 31.0 Å². The number of hydrogen-bond donors (Lipinski definition) is 1. The number of ether oxygens (including phenoxy) is 3. The summed E-state index contributed by atoms with van der Waals surface area (Å²) in [5.74, 6) is -0.320. The lowest BCUT2D eigenvalue weighted by Gasteiger charge is -2.41. The standard InChI is InChI=1S/C28H30N2O5/c1-33-16-15-30-25(19-35-18-20-9-4-3-5-10-20)26(23-13-6-7-14-24(23)28(30)32)27(31)29-21-11-8-12-22(17-21)34-2/h3-14,17,25-26H,15-16,18-19H2,1-2H3,(H,29,31). The predicted molar refractivity (Wildman–Crippen MR) is 134 cm³/mol. The maximum Gasteiger partial charge on any atom is 0.254 e. The van der Waals surface area contributed by atoms with E-state index in [1.807, 2.05) is 66.7 Å². The minimum absolute atomic E-state index is 0.128. The second-order valence-corrected chi connectivity index (χ2v) is 8.35. The van der Waals surface area contributed by atoms with Crippen molar-refractivity contribution in [1.29, 1.82) is 0 Å². The highest BCUT2D eigenvalue weighted by atomic mass is 16.5. The minimum Gasteiger partial charge on any atom is -0.497 e. The Balaban J connectivity index is 1.65. The van der Waals surface area contributed by atoms with Crippen LogP contribution in [0.3, 0.4) is 0 Å². The largest absolute Gasteiger partial charge is 0.497 e. The summed E-state index contributed by atoms with van der Waals surface area (Å²) in [5, 5.41) is 3.01. The molecule has 7 heteroatoms. The molecule has 0 bridgehead atoms. The van der Waals surface area contributed by atoms with E-state index in [1.54, 1.807) is 31.3 Å². The molecule has 3 aromatic rings. The molecule has 0 aliphatic carbocycles. The molecular weight excluding hydrogens is 444 g/mol. The van der Waals surface area contributed by atoms with E-state index in [2.05, 4.69) is 5.32 Å². The van der Waals surface area contributed by atoms with E-state index in [9.17, 15) is 9.59 Å². The fourth-order valence-electron chi connectivity index (χ4n) is 4.41. The molecule has 1 heterocycles. The number of methoxy groups -OCH3 is 2. The van der Waals surface area contributed by atoms with Gasteiger partial charge in [-0.15, -0.1) is 0 Å². The van der Waals surface area contributed by atoms with Crippen molar-refractivity contribution in [2.75, 3.05) is 39.3 Å². The summed E-state index contributed by atoms with van der Waals surface area (Å²) in [6, 6.07) is 23.8. The minimum atomic E-state index is -0.622. The average molecular weight is 475 g/mol. The third-order valence-corrected chi connectivity index (χ3v) is 6.13. The number of benzene rings is 3. The van der Waals surface area contributed by atoms with Crippen molar-refractivity contribution in [2.45, 2.75) is 18.6 Å². The van der Waals surface area contributed by atoms with Crippen LogP contribution in [-0.4, -0.2) is 56.7 Å². The Bertz CT molecular complexity index is 1150. The molecule has 2 amide bonds. The zero-order valence-electron chi connectivity index (χ0n) is 20.0. The fourth-order valence-corrected chi connectivity index (χ4v) is 4.41. The third kappa shape index (κ3) is 5.70. The highest BCUT2D eigenvalue weighted by molar-refractivity contribution is 6.04. The van der Waals surface area contributed by atoms with Crippen LogP contribution in [0.2, 0.25) is 0 Å². The zero-order valence-corrected chi connectivity index (χ0v) is 20.0. The molecule has 1 N–H and O–H groups in total. The van der Waals surface area contributed by atoms with Gasteiger partial charge in [-0.1, -0.05) is 54.6 Å². The van der Waals surface area contributed by atoms with Crippen LogP contribution in [0.25, 0.3) is 0 Å². The highest BCUT2D eigenvalue weighted by Gasteiger charge is 2.43. The number of fused-ring (bicyclic) bond motifs is 1. The lowest BCUT2D eigenvalue weighted by molar-refractivity contribution is -0.120. The molecule has 0 fully saturated rings. The van der Waals surface area contributed by atoms with Crippen molar-refractivity contribution in [3.8, 4) is 5.75 Å². The van der Waals surface area contributed by atoms with Crippen LogP contribution in [0, 0.1) is 0 Å². The van der Waals surface area contributed by atoms with Gasteiger partial charge in [0.05, 0.1) is 38.9 Å². The van der Waals surface area contributed by atoms with Gasteiger partial charge in [-0.05, 0) is 29.3 Å². The van der Waals surface area contributed by atoms with E-state index in [-0.39, 0.29) is 18.4 Å². The SMILES string of the molecule is COCCN1C(=O)c2ccccc2C(C(=O)Nc2cccc(OC)c2)C1COCc1ccccc1. The summed E-state index contributed by atoms with van der Waals surface area (Å²) >= 11 is 0. The number of carbonyl (C=O) groups is 2. The summed E-state index contributed by atoms with van der Waals surface area (Å²) < 4.78 is 16.6. The van der Waals surface area contributed by atoms with E-state index in [0.717, 1.165) is 5.56 Å². The molecule has 1 aliphatic heterocycles. The highest BCUT2D eigenvalue weighted by Crippen LogP contribution is 2.35. The molecule has 182 valence electrons. The van der Waals surface area contributed by atoms with E-state index >= 15 is 0 Å². The van der Waals surface area contributed by atoms with Crippen LogP contribution in [0.15, 0.2) is 78.9 Å². The van der Waals surface area contributed by atoms with Gasteiger partial charge in [0.25, 0.3) is 5.91 Å². The Kier molecular flexibility index (Phi) is 8.13. The Morgan fingerprint density at radius 3 is 2.51 bits per heavy atom. The molecule has 0 saturated carbocycles. The summed E-state index contributed by atoms with van der Waals surface area (Å²) in [5.41, 5.74) is 2.86. The summed E-state index contributed by atoms with van der Waals surface area (Å²) in [7, 11) is 3.17. The van der Waals surface area contributed by atoms with Gasteiger partial charge in [-0.25, -0.2) is 0 Å². The molecule has 2 unspecified atom stereocenters. The van der Waals surface area contributed by atoms with Crippen molar-refractivity contribution in [3.63, 3.8) is 0 Å². The average Bonchev–Trinajstić information content (AvgIpc) is 2.89. The lowest BCUT2D eigenvalue weighted by atomic mass is 9.82. The van der Waals surface area contributed by atoms with Crippen LogP contribution in [0.1, 0.15) is 27.4 Å². The summed E-state index contributed by atoms with van der Waals surface area (Å²) in [4.78, 5) is 28.9. The second kappa shape index (κ2) is 11.6. The quantitative estimate of drug-likeness (QED) is 0.479. The molecule has 0 radical (unpaired) electrons. The normalized spacial score (nSPS) is 17.1. The first-order valence-electron chi connectivity index (χ1n) is 11.6. The first kappa shape index (κ1) is 24.4. The van der Waals surface area contributed by atoms with E-state index in [4.69, 9.17) is 14.2 Å². The lowest BCUT2D eigenvalue weighted by Crippen LogP contribution is -2.54. The van der Waals surface area contributed by atoms with E-state index in [1.165, 1.54) is 0 Å². The van der Waals surface area contributed by atoms with Crippen molar-refractivity contribution in [2.24, 2.45) is 0 Å². The predicted octanol–water partition coefficient (Wildman–Crippen LogP) is 4.11. The molecule has 3 aromatic carbocycles. The first-order chi connectivity index (χ1) is 17.1. The molecule has 2 atom stereocenters. The zero-order chi connectivity index (χ0) is 24.6. The topological polar surface area (TPSA) is 77.1 Å². The van der Waals surface area contributed by atoms with Crippen LogP contribution in [0.4, 0.5) is 5.69 Å². The van der Waals surface area contributed by atoms with Gasteiger partial charge in [0.15, 0.2) is 0 Å². The Hall–Kier alpha value is -3.68. The number of rotatable bonds is 10. The fraction of sp³-hybridized carbons (Fsp3) is 0.286. The van der Waals surface area contributed by atoms with Gasteiger partial charge in [-0.3, -0.25) is 9.59 Å². The molecule has 0 aromatic heterocycles. The molecule has 0 saturated heterocycles. The van der Waals surface area contributed by atoms with Gasteiger partial charge < -0.3 is 24.4 Å². The summed E-state index contributed by atoms with van der Waals surface area (Å²) in [6.07, 6.45) is 0. The molecule has 1 aliphatic rings. The molecular formula is C28H30N2O5. The number of amides is 2. The van der Waals surface area contributed by atoms with Gasteiger partial charge in [0.1, 0.15) is 5.75 Å². The van der Waals surface area contributed by atoms with Crippen LogP contribution in [-0.2, 0) is 20.9 Å². The smallest absolute Gasteiger partial charge is 0.254 e. The van der Waals surface area contributed by atoms with Gasteiger partial charge in [-0.2, -0.15) is 0 Å². The molecule has 4 rings (SSSR count). The van der Waals surface area contributed by atoms with Crippen molar-refractivity contribution < 1.29 is 23.8 Å². The molecule has 7 nitrogen and oxygen atoms in total. The van der Waals surface area contributed by atoms with Crippen molar-refractivity contribution in [3.05, 3.63) is 95.6 Å².